The second kappa shape index (κ2) is 8.48. The number of hydrogen-bond acceptors (Lipinski definition) is 7. The van der Waals surface area contributed by atoms with Crippen LogP contribution in [-0.2, 0) is 9.84 Å². The van der Waals surface area contributed by atoms with E-state index in [1.165, 1.54) is 6.26 Å². The van der Waals surface area contributed by atoms with Crippen molar-refractivity contribution in [3.05, 3.63) is 77.5 Å². The Kier molecular flexibility index (Phi) is 5.52. The Bertz CT molecular complexity index is 1300. The first-order chi connectivity index (χ1) is 15.5. The fourth-order valence-electron chi connectivity index (χ4n) is 3.71. The molecule has 0 saturated carbocycles. The lowest BCUT2D eigenvalue weighted by atomic mass is 10.2. The van der Waals surface area contributed by atoms with Gasteiger partial charge in [0.2, 0.25) is 20.7 Å². The number of para-hydroxylation sites is 1. The number of furan rings is 1. The van der Waals surface area contributed by atoms with Gasteiger partial charge in [-0.1, -0.05) is 34.1 Å². The van der Waals surface area contributed by atoms with Crippen LogP contribution in [0.4, 0.5) is 11.6 Å². The summed E-state index contributed by atoms with van der Waals surface area (Å²) in [5, 5.41) is -0.0978. The van der Waals surface area contributed by atoms with Crippen LogP contribution >= 0.6 is 15.9 Å². The Hall–Kier alpha value is -3.04. The normalized spacial score (nSPS) is 14.7. The molecule has 1 saturated heterocycles. The lowest BCUT2D eigenvalue weighted by Crippen LogP contribution is -2.46. The van der Waals surface area contributed by atoms with Gasteiger partial charge >= 0.3 is 0 Å². The van der Waals surface area contributed by atoms with Crippen molar-refractivity contribution in [2.75, 3.05) is 36.0 Å². The summed E-state index contributed by atoms with van der Waals surface area (Å²) in [6, 6.07) is 20.1. The van der Waals surface area contributed by atoms with Crippen LogP contribution in [0.25, 0.3) is 11.7 Å². The third kappa shape index (κ3) is 3.93. The number of oxazole rings is 1. The van der Waals surface area contributed by atoms with Crippen molar-refractivity contribution in [3.8, 4) is 11.7 Å². The number of aromatic nitrogens is 1. The first kappa shape index (κ1) is 20.8. The minimum absolute atomic E-state index is 0.0978. The summed E-state index contributed by atoms with van der Waals surface area (Å²) >= 11 is 3.35. The minimum Gasteiger partial charge on any atom is -0.459 e. The smallest absolute Gasteiger partial charge is 0.266 e. The van der Waals surface area contributed by atoms with Gasteiger partial charge in [0.15, 0.2) is 5.76 Å². The van der Waals surface area contributed by atoms with Crippen LogP contribution in [0.2, 0.25) is 0 Å². The SMILES string of the molecule is O=S(=O)(c1ccc(Br)cc1)c1nc(-c2ccco2)oc1N1CCN(c2ccccc2)CC1. The molecule has 1 aliphatic rings. The minimum atomic E-state index is -3.89. The van der Waals surface area contributed by atoms with Gasteiger partial charge in [-0.3, -0.25) is 0 Å². The standard InChI is InChI=1S/C23H20BrN3O4S/c24-17-8-10-19(11-9-17)32(28,29)22-23(31-21(25-22)20-7-4-16-30-20)27-14-12-26(13-15-27)18-5-2-1-3-6-18/h1-11,16H,12-15H2. The monoisotopic (exact) mass is 513 g/mol. The van der Waals surface area contributed by atoms with Crippen LogP contribution in [0.1, 0.15) is 0 Å². The summed E-state index contributed by atoms with van der Waals surface area (Å²) < 4.78 is 39.1. The average Bonchev–Trinajstić information content (AvgIpc) is 3.51. The summed E-state index contributed by atoms with van der Waals surface area (Å²) in [7, 11) is -3.89. The topological polar surface area (TPSA) is 79.8 Å². The Morgan fingerprint density at radius 1 is 0.844 bits per heavy atom. The second-order valence-electron chi connectivity index (χ2n) is 7.37. The van der Waals surface area contributed by atoms with E-state index in [2.05, 4.69) is 37.9 Å². The molecule has 1 aliphatic heterocycles. The molecule has 2 aromatic heterocycles. The number of piperazine rings is 1. The molecule has 0 spiro atoms. The summed E-state index contributed by atoms with van der Waals surface area (Å²) in [4.78, 5) is 8.72. The van der Waals surface area contributed by atoms with Crippen molar-refractivity contribution in [2.45, 2.75) is 9.92 Å². The fourth-order valence-corrected chi connectivity index (χ4v) is 5.30. The molecule has 7 nitrogen and oxygen atoms in total. The molecule has 9 heteroatoms. The number of rotatable bonds is 5. The van der Waals surface area contributed by atoms with Crippen molar-refractivity contribution in [1.29, 1.82) is 0 Å². The van der Waals surface area contributed by atoms with Crippen LogP contribution < -0.4 is 9.80 Å². The van der Waals surface area contributed by atoms with Crippen LogP contribution in [0, 0.1) is 0 Å². The van der Waals surface area contributed by atoms with Crippen LogP contribution in [0.15, 0.2) is 96.2 Å². The molecule has 5 rings (SSSR count). The number of benzene rings is 2. The van der Waals surface area contributed by atoms with E-state index in [0.717, 1.165) is 23.2 Å². The highest BCUT2D eigenvalue weighted by Gasteiger charge is 2.33. The Morgan fingerprint density at radius 2 is 1.53 bits per heavy atom. The van der Waals surface area contributed by atoms with E-state index >= 15 is 0 Å². The average molecular weight is 514 g/mol. The van der Waals surface area contributed by atoms with E-state index in [0.29, 0.717) is 18.8 Å². The molecule has 0 amide bonds. The zero-order valence-electron chi connectivity index (χ0n) is 17.0. The number of sulfone groups is 1. The van der Waals surface area contributed by atoms with Gasteiger partial charge in [-0.25, -0.2) is 8.42 Å². The summed E-state index contributed by atoms with van der Waals surface area (Å²) in [5.41, 5.74) is 1.14. The van der Waals surface area contributed by atoms with Crippen LogP contribution in [0.5, 0.6) is 0 Å². The lowest BCUT2D eigenvalue weighted by molar-refractivity contribution is 0.498. The maximum Gasteiger partial charge on any atom is 0.266 e. The quantitative estimate of drug-likeness (QED) is 0.377. The molecular formula is C23H20BrN3O4S. The van der Waals surface area contributed by atoms with Gasteiger partial charge in [0, 0.05) is 36.3 Å². The molecule has 0 N–H and O–H groups in total. The van der Waals surface area contributed by atoms with Crippen molar-refractivity contribution in [1.82, 2.24) is 4.98 Å². The van der Waals surface area contributed by atoms with E-state index in [-0.39, 0.29) is 21.7 Å². The van der Waals surface area contributed by atoms with E-state index in [1.54, 1.807) is 36.4 Å². The molecule has 0 unspecified atom stereocenters. The Balaban J connectivity index is 1.50. The molecule has 2 aromatic carbocycles. The van der Waals surface area contributed by atoms with Crippen molar-refractivity contribution in [2.24, 2.45) is 0 Å². The number of nitrogens with zero attached hydrogens (tertiary/aromatic N) is 3. The van der Waals surface area contributed by atoms with Gasteiger partial charge < -0.3 is 18.6 Å². The Morgan fingerprint density at radius 3 is 2.19 bits per heavy atom. The zero-order valence-corrected chi connectivity index (χ0v) is 19.4. The van der Waals surface area contributed by atoms with Crippen molar-refractivity contribution in [3.63, 3.8) is 0 Å². The molecule has 1 fully saturated rings. The lowest BCUT2D eigenvalue weighted by Gasteiger charge is -2.36. The third-order valence-corrected chi connectivity index (χ3v) is 7.57. The third-order valence-electron chi connectivity index (χ3n) is 5.38. The second-order valence-corrected chi connectivity index (χ2v) is 10.2. The van der Waals surface area contributed by atoms with Gasteiger partial charge in [0.1, 0.15) is 0 Å². The Labute approximate surface area is 194 Å². The highest BCUT2D eigenvalue weighted by molar-refractivity contribution is 9.10. The highest BCUT2D eigenvalue weighted by Crippen LogP contribution is 2.35. The van der Waals surface area contributed by atoms with E-state index in [4.69, 9.17) is 8.83 Å². The summed E-state index contributed by atoms with van der Waals surface area (Å²) in [5.74, 6) is 0.768. The predicted molar refractivity (Wildman–Crippen MR) is 125 cm³/mol. The zero-order chi connectivity index (χ0) is 22.1. The molecule has 0 bridgehead atoms. The molecule has 0 atom stereocenters. The number of halogens is 1. The number of anilines is 2. The molecule has 164 valence electrons. The maximum absolute atomic E-state index is 13.5. The van der Waals surface area contributed by atoms with Crippen LogP contribution in [0.3, 0.4) is 0 Å². The molecule has 3 heterocycles. The number of hydrogen-bond donors (Lipinski definition) is 0. The largest absolute Gasteiger partial charge is 0.459 e. The van der Waals surface area contributed by atoms with E-state index in [9.17, 15) is 8.42 Å². The first-order valence-electron chi connectivity index (χ1n) is 10.1. The van der Waals surface area contributed by atoms with Gasteiger partial charge in [-0.05, 0) is 48.5 Å². The van der Waals surface area contributed by atoms with Gasteiger partial charge in [0.05, 0.1) is 11.2 Å². The molecular weight excluding hydrogens is 494 g/mol. The fraction of sp³-hybridized carbons (Fsp3) is 0.174. The highest BCUT2D eigenvalue weighted by atomic mass is 79.9. The van der Waals surface area contributed by atoms with E-state index < -0.39 is 9.84 Å². The first-order valence-corrected chi connectivity index (χ1v) is 12.4. The molecule has 32 heavy (non-hydrogen) atoms. The van der Waals surface area contributed by atoms with Crippen molar-refractivity contribution < 1.29 is 17.3 Å². The molecule has 0 radical (unpaired) electrons. The predicted octanol–water partition coefficient (Wildman–Crippen LogP) is 4.86. The molecule has 4 aromatic rings. The van der Waals surface area contributed by atoms with Gasteiger partial charge in [0.25, 0.3) is 5.89 Å². The summed E-state index contributed by atoms with van der Waals surface area (Å²) in [6.45, 7) is 2.67. The van der Waals surface area contributed by atoms with Gasteiger partial charge in [-0.2, -0.15) is 4.98 Å². The van der Waals surface area contributed by atoms with Crippen molar-refractivity contribution >= 4 is 37.3 Å². The van der Waals surface area contributed by atoms with Gasteiger partial charge in [-0.15, -0.1) is 0 Å². The van der Waals surface area contributed by atoms with Crippen LogP contribution in [-0.4, -0.2) is 39.6 Å². The maximum atomic E-state index is 13.5. The molecule has 0 aliphatic carbocycles. The van der Waals surface area contributed by atoms with E-state index in [1.807, 2.05) is 23.1 Å². The summed E-state index contributed by atoms with van der Waals surface area (Å²) in [6.07, 6.45) is 1.50.